The molecular formula is C44H76NO13P. The quantitative estimate of drug-likeness (QED) is 0.0153. The average molecular weight is 858 g/mol. The van der Waals surface area contributed by atoms with Crippen molar-refractivity contribution in [2.75, 3.05) is 19.8 Å². The van der Waals surface area contributed by atoms with Crippen molar-refractivity contribution in [1.29, 1.82) is 0 Å². The van der Waals surface area contributed by atoms with Gasteiger partial charge in [-0.25, -0.2) is 4.57 Å². The Labute approximate surface area is 352 Å². The van der Waals surface area contributed by atoms with Crippen molar-refractivity contribution >= 4 is 25.7 Å². The zero-order chi connectivity index (χ0) is 43.7. The van der Waals surface area contributed by atoms with Crippen molar-refractivity contribution in [2.24, 2.45) is 17.6 Å². The van der Waals surface area contributed by atoms with Gasteiger partial charge in [0.15, 0.2) is 6.10 Å². The number of phosphoric acid groups is 1. The van der Waals surface area contributed by atoms with Gasteiger partial charge in [-0.05, 0) is 63.7 Å². The minimum atomic E-state index is -4.78. The normalized spacial score (nSPS) is 21.1. The average Bonchev–Trinajstić information content (AvgIpc) is 3.47. The number of ether oxygens (including phenoxy) is 2. The van der Waals surface area contributed by atoms with Gasteiger partial charge in [0.2, 0.25) is 0 Å². The van der Waals surface area contributed by atoms with Gasteiger partial charge in [-0.2, -0.15) is 0 Å². The first-order valence-electron chi connectivity index (χ1n) is 21.9. The smallest absolute Gasteiger partial charge is 0.472 e. The summed E-state index contributed by atoms with van der Waals surface area (Å²) in [5.41, 5.74) is 5.33. The maximum absolute atomic E-state index is 12.8. The number of aliphatic hydroxyl groups is 3. The molecule has 59 heavy (non-hydrogen) atoms. The van der Waals surface area contributed by atoms with Crippen LogP contribution >= 0.6 is 7.82 Å². The van der Waals surface area contributed by atoms with E-state index < -0.39 is 76.0 Å². The standard InChI is InChI=1S/C44H76NO13P/c1-3-5-7-8-9-10-11-12-13-14-15-16-17-18-23-27-42(49)55-32-36(33-56-59(53,54)57-34-39(45)44(51)52)58-43(50)28-24-20-19-22-26-37-38(41(48)31-40(37)47)30-29-35(46)25-21-6-4-2/h5,7,9-10,12-13,29-30,35-41,46-48H,3-4,6,8,11,14-28,31-34,45H2,1-2H3,(H,51,52)(H,53,54)/b7-5-,10-9-,13-12-,30-29+/t35-,36+,37+,38+,39-,40-,41+/m0/s1. The number of carbonyl (C=O) groups excluding carboxylic acids is 2. The summed E-state index contributed by atoms with van der Waals surface area (Å²) in [5, 5.41) is 40.3. The second-order valence-electron chi connectivity index (χ2n) is 15.4. The molecule has 0 aromatic rings. The highest BCUT2D eigenvalue weighted by Crippen LogP contribution is 2.43. The van der Waals surface area contributed by atoms with E-state index in [1.165, 1.54) is 0 Å². The molecule has 0 aromatic heterocycles. The van der Waals surface area contributed by atoms with Crippen LogP contribution in [0.2, 0.25) is 0 Å². The van der Waals surface area contributed by atoms with Crippen LogP contribution in [0, 0.1) is 11.8 Å². The number of hydrogen-bond donors (Lipinski definition) is 6. The van der Waals surface area contributed by atoms with Gasteiger partial charge >= 0.3 is 25.7 Å². The zero-order valence-electron chi connectivity index (χ0n) is 35.7. The lowest BCUT2D eigenvalue weighted by Gasteiger charge is -2.21. The zero-order valence-corrected chi connectivity index (χ0v) is 36.6. The van der Waals surface area contributed by atoms with Gasteiger partial charge in [-0.1, -0.05) is 120 Å². The van der Waals surface area contributed by atoms with Crippen LogP contribution in [0.1, 0.15) is 149 Å². The molecular weight excluding hydrogens is 781 g/mol. The van der Waals surface area contributed by atoms with Crippen LogP contribution in [0.15, 0.2) is 48.6 Å². The molecule has 15 heteroatoms. The summed E-state index contributed by atoms with van der Waals surface area (Å²) in [7, 11) is -4.78. The lowest BCUT2D eigenvalue weighted by atomic mass is 9.88. The maximum atomic E-state index is 12.8. The Balaban J connectivity index is 2.50. The van der Waals surface area contributed by atoms with Crippen LogP contribution in [-0.2, 0) is 37.5 Å². The fourth-order valence-electron chi connectivity index (χ4n) is 6.70. The van der Waals surface area contributed by atoms with Crippen LogP contribution in [0.3, 0.4) is 0 Å². The molecule has 1 aliphatic carbocycles. The maximum Gasteiger partial charge on any atom is 0.472 e. The van der Waals surface area contributed by atoms with Crippen LogP contribution in [-0.4, -0.2) is 93.5 Å². The van der Waals surface area contributed by atoms with E-state index in [4.69, 9.17) is 24.8 Å². The number of carboxylic acid groups (broad SMARTS) is 1. The SMILES string of the molecule is CC/C=C\C/C=C\C/C=C\CCCCCCCC(=O)OC[C@H](COP(=O)(O)OC[C@H](N)C(=O)O)OC(=O)CCCCCC[C@@H]1[C@@H](/C=C/[C@@H](O)CCCCC)[C@H](O)C[C@@H]1O. The molecule has 0 amide bonds. The number of rotatable bonds is 36. The van der Waals surface area contributed by atoms with Gasteiger partial charge in [0.05, 0.1) is 31.5 Å². The lowest BCUT2D eigenvalue weighted by molar-refractivity contribution is -0.161. The summed E-state index contributed by atoms with van der Waals surface area (Å²) in [6.07, 6.45) is 29.6. The molecule has 0 bridgehead atoms. The summed E-state index contributed by atoms with van der Waals surface area (Å²) in [5.74, 6) is -2.94. The number of nitrogens with two attached hydrogens (primary N) is 1. The number of hydrogen-bond acceptors (Lipinski definition) is 12. The van der Waals surface area contributed by atoms with Gasteiger partial charge in [0, 0.05) is 25.2 Å². The summed E-state index contributed by atoms with van der Waals surface area (Å²) < 4.78 is 32.7. The van der Waals surface area contributed by atoms with E-state index in [-0.39, 0.29) is 24.7 Å². The molecule has 14 nitrogen and oxygen atoms in total. The van der Waals surface area contributed by atoms with Crippen LogP contribution in [0.25, 0.3) is 0 Å². The number of aliphatic hydroxyl groups excluding tert-OH is 3. The monoisotopic (exact) mass is 858 g/mol. The van der Waals surface area contributed by atoms with Crippen molar-refractivity contribution in [2.45, 2.75) is 179 Å². The largest absolute Gasteiger partial charge is 0.480 e. The minimum Gasteiger partial charge on any atom is -0.480 e. The van der Waals surface area contributed by atoms with Gasteiger partial charge in [0.1, 0.15) is 12.6 Å². The molecule has 0 aromatic carbocycles. The fraction of sp³-hybridized carbons (Fsp3) is 0.750. The number of esters is 2. The van der Waals surface area contributed by atoms with Gasteiger partial charge in [-0.15, -0.1) is 0 Å². The van der Waals surface area contributed by atoms with Crippen LogP contribution < -0.4 is 5.73 Å². The molecule has 0 spiro atoms. The number of unbranched alkanes of at least 4 members (excludes halogenated alkanes) is 10. The molecule has 1 aliphatic rings. The summed E-state index contributed by atoms with van der Waals surface area (Å²) in [4.78, 5) is 46.2. The molecule has 8 atom stereocenters. The predicted molar refractivity (Wildman–Crippen MR) is 228 cm³/mol. The van der Waals surface area contributed by atoms with Crippen molar-refractivity contribution in [3.05, 3.63) is 48.6 Å². The van der Waals surface area contributed by atoms with E-state index in [1.54, 1.807) is 6.08 Å². The molecule has 7 N–H and O–H groups in total. The second-order valence-corrected chi connectivity index (χ2v) is 16.9. The number of aliphatic carboxylic acids is 1. The van der Waals surface area contributed by atoms with E-state index in [0.29, 0.717) is 38.5 Å². The molecule has 1 fully saturated rings. The van der Waals surface area contributed by atoms with Crippen LogP contribution in [0.4, 0.5) is 0 Å². The number of carboxylic acids is 1. The Morgan fingerprint density at radius 2 is 1.37 bits per heavy atom. The Morgan fingerprint density at radius 1 is 0.763 bits per heavy atom. The highest BCUT2D eigenvalue weighted by Gasteiger charge is 2.39. The third-order valence-corrected chi connectivity index (χ3v) is 11.1. The second kappa shape index (κ2) is 34.0. The first kappa shape index (κ1) is 54.3. The topological polar surface area (TPSA) is 232 Å². The molecule has 0 heterocycles. The number of phosphoric ester groups is 1. The Bertz CT molecular complexity index is 1310. The Kier molecular flexibility index (Phi) is 31.3. The summed E-state index contributed by atoms with van der Waals surface area (Å²) in [6.45, 7) is 2.35. The van der Waals surface area contributed by atoms with Crippen molar-refractivity contribution in [3.8, 4) is 0 Å². The Hall–Kier alpha value is -2.68. The van der Waals surface area contributed by atoms with E-state index in [1.807, 2.05) is 6.08 Å². The predicted octanol–water partition coefficient (Wildman–Crippen LogP) is 7.77. The molecule has 0 saturated heterocycles. The molecule has 0 radical (unpaired) electrons. The number of carbonyl (C=O) groups is 3. The molecule has 340 valence electrons. The highest BCUT2D eigenvalue weighted by atomic mass is 31.2. The van der Waals surface area contributed by atoms with Gasteiger partial charge in [-0.3, -0.25) is 23.4 Å². The van der Waals surface area contributed by atoms with E-state index >= 15 is 0 Å². The first-order chi connectivity index (χ1) is 28.3. The van der Waals surface area contributed by atoms with Crippen molar-refractivity contribution < 1.29 is 62.8 Å². The first-order valence-corrected chi connectivity index (χ1v) is 23.4. The van der Waals surface area contributed by atoms with Crippen molar-refractivity contribution in [3.63, 3.8) is 0 Å². The van der Waals surface area contributed by atoms with Gasteiger partial charge < -0.3 is 40.5 Å². The van der Waals surface area contributed by atoms with Crippen LogP contribution in [0.5, 0.6) is 0 Å². The molecule has 0 aliphatic heterocycles. The van der Waals surface area contributed by atoms with Crippen molar-refractivity contribution in [1.82, 2.24) is 0 Å². The third-order valence-electron chi connectivity index (χ3n) is 10.2. The van der Waals surface area contributed by atoms with E-state index in [9.17, 15) is 39.2 Å². The van der Waals surface area contributed by atoms with E-state index in [0.717, 1.165) is 83.5 Å². The molecule has 1 rings (SSSR count). The lowest BCUT2D eigenvalue weighted by Crippen LogP contribution is -2.34. The summed E-state index contributed by atoms with van der Waals surface area (Å²) >= 11 is 0. The van der Waals surface area contributed by atoms with E-state index in [2.05, 4.69) is 54.8 Å². The summed E-state index contributed by atoms with van der Waals surface area (Å²) in [6, 6.07) is -1.56. The fourth-order valence-corrected chi connectivity index (χ4v) is 7.48. The molecule has 1 saturated carbocycles. The number of allylic oxidation sites excluding steroid dienone is 6. The third kappa shape index (κ3) is 28.5. The molecule has 1 unspecified atom stereocenters. The highest BCUT2D eigenvalue weighted by molar-refractivity contribution is 7.47. The Morgan fingerprint density at radius 3 is 2.05 bits per heavy atom. The van der Waals surface area contributed by atoms with Gasteiger partial charge in [0.25, 0.3) is 0 Å². The minimum absolute atomic E-state index is 0.0288.